The molecule has 0 unspecified atom stereocenters. The van der Waals surface area contributed by atoms with Gasteiger partial charge in [-0.15, -0.1) is 12.6 Å². The van der Waals surface area contributed by atoms with Crippen molar-refractivity contribution in [2.45, 2.75) is 9.79 Å². The molecule has 0 saturated carbocycles. The average molecular weight is 428 g/mol. The number of anilines is 1. The van der Waals surface area contributed by atoms with Crippen LogP contribution in [-0.4, -0.2) is 8.42 Å². The lowest BCUT2D eigenvalue weighted by atomic mass is 10.0. The number of benzene rings is 3. The van der Waals surface area contributed by atoms with Crippen LogP contribution in [0.15, 0.2) is 70.5 Å². The van der Waals surface area contributed by atoms with E-state index in [0.717, 1.165) is 0 Å². The number of rotatable bonds is 4. The van der Waals surface area contributed by atoms with Crippen molar-refractivity contribution in [2.75, 3.05) is 4.72 Å². The van der Waals surface area contributed by atoms with E-state index in [1.165, 1.54) is 18.2 Å². The maximum absolute atomic E-state index is 14.7. The van der Waals surface area contributed by atoms with Gasteiger partial charge in [-0.05, 0) is 41.5 Å². The van der Waals surface area contributed by atoms with Gasteiger partial charge in [0, 0.05) is 4.90 Å². The molecule has 0 heterocycles. The fourth-order valence-corrected chi connectivity index (χ4v) is 4.05. The van der Waals surface area contributed by atoms with Gasteiger partial charge in [-0.1, -0.05) is 53.5 Å². The van der Waals surface area contributed by atoms with Gasteiger partial charge >= 0.3 is 0 Å². The van der Waals surface area contributed by atoms with Crippen molar-refractivity contribution in [2.24, 2.45) is 0 Å². The highest BCUT2D eigenvalue weighted by molar-refractivity contribution is 7.92. The minimum absolute atomic E-state index is 0.00310. The first kappa shape index (κ1) is 19.0. The molecule has 0 atom stereocenters. The van der Waals surface area contributed by atoms with Gasteiger partial charge in [0.25, 0.3) is 10.0 Å². The van der Waals surface area contributed by atoms with Crippen molar-refractivity contribution >= 4 is 51.5 Å². The Balaban J connectivity index is 1.99. The van der Waals surface area contributed by atoms with Crippen molar-refractivity contribution in [3.8, 4) is 11.1 Å². The summed E-state index contributed by atoms with van der Waals surface area (Å²) >= 11 is 16.1. The quantitative estimate of drug-likeness (QED) is 0.509. The molecule has 0 amide bonds. The van der Waals surface area contributed by atoms with Gasteiger partial charge in [0.1, 0.15) is 0 Å². The molecule has 3 nitrogen and oxygen atoms in total. The molecule has 8 heteroatoms. The highest BCUT2D eigenvalue weighted by Gasteiger charge is 2.19. The lowest BCUT2D eigenvalue weighted by Gasteiger charge is -2.13. The lowest BCUT2D eigenvalue weighted by molar-refractivity contribution is 0.594. The Morgan fingerprint density at radius 2 is 1.62 bits per heavy atom. The molecule has 0 aromatic heterocycles. The topological polar surface area (TPSA) is 46.2 Å². The van der Waals surface area contributed by atoms with Crippen molar-refractivity contribution in [3.05, 3.63) is 76.5 Å². The molecular weight excluding hydrogens is 416 g/mol. The van der Waals surface area contributed by atoms with Crippen LogP contribution in [0.1, 0.15) is 0 Å². The first-order valence-electron chi connectivity index (χ1n) is 7.34. The van der Waals surface area contributed by atoms with Gasteiger partial charge in [0.2, 0.25) is 0 Å². The van der Waals surface area contributed by atoms with Crippen molar-refractivity contribution in [1.29, 1.82) is 0 Å². The van der Waals surface area contributed by atoms with Crippen molar-refractivity contribution < 1.29 is 12.8 Å². The second kappa shape index (κ2) is 7.48. The highest BCUT2D eigenvalue weighted by atomic mass is 35.5. The molecule has 0 saturated heterocycles. The summed E-state index contributed by atoms with van der Waals surface area (Å²) in [6, 6.07) is 15.5. The second-order valence-corrected chi connectivity index (χ2v) is 8.31. The minimum Gasteiger partial charge on any atom is -0.277 e. The zero-order valence-corrected chi connectivity index (χ0v) is 16.3. The van der Waals surface area contributed by atoms with Crippen LogP contribution >= 0.6 is 35.8 Å². The zero-order chi connectivity index (χ0) is 18.9. The Bertz CT molecular complexity index is 1070. The summed E-state index contributed by atoms with van der Waals surface area (Å²) in [5.41, 5.74) is 0.885. The van der Waals surface area contributed by atoms with Crippen molar-refractivity contribution in [3.63, 3.8) is 0 Å². The molecule has 3 rings (SSSR count). The first-order valence-corrected chi connectivity index (χ1v) is 10.0. The monoisotopic (exact) mass is 427 g/mol. The summed E-state index contributed by atoms with van der Waals surface area (Å²) in [7, 11) is -3.90. The van der Waals surface area contributed by atoms with Crippen LogP contribution in [0.5, 0.6) is 0 Å². The summed E-state index contributed by atoms with van der Waals surface area (Å²) < 4.78 is 41.7. The fraction of sp³-hybridized carbons (Fsp3) is 0. The SMILES string of the molecule is O=S(=O)(Nc1ccc(-c2ccc(Cl)c(Cl)c2)c(S)c1F)c1ccccc1. The number of hydrogen-bond donors (Lipinski definition) is 2. The molecule has 0 radical (unpaired) electrons. The van der Waals surface area contributed by atoms with E-state index in [1.807, 2.05) is 0 Å². The van der Waals surface area contributed by atoms with E-state index in [9.17, 15) is 12.8 Å². The standard InChI is InChI=1S/C18H12Cl2FNO2S2/c19-14-8-6-11(10-15(14)20)13-7-9-16(17(21)18(13)25)22-26(23,24)12-4-2-1-3-5-12/h1-10,22,25H. The third kappa shape index (κ3) is 3.83. The smallest absolute Gasteiger partial charge is 0.261 e. The number of thiol groups is 1. The summed E-state index contributed by atoms with van der Waals surface area (Å²) in [5, 5.41) is 0.704. The second-order valence-electron chi connectivity index (χ2n) is 5.37. The maximum atomic E-state index is 14.7. The number of hydrogen-bond acceptors (Lipinski definition) is 3. The molecule has 134 valence electrons. The van der Waals surface area contributed by atoms with Crippen LogP contribution in [0.25, 0.3) is 11.1 Å². The number of nitrogens with one attached hydrogen (secondary N) is 1. The molecule has 0 aliphatic rings. The molecule has 1 N–H and O–H groups in total. The maximum Gasteiger partial charge on any atom is 0.261 e. The third-order valence-electron chi connectivity index (χ3n) is 3.64. The Kier molecular flexibility index (Phi) is 5.48. The predicted octanol–water partition coefficient (Wildman–Crippen LogP) is 5.89. The zero-order valence-electron chi connectivity index (χ0n) is 13.1. The van der Waals surface area contributed by atoms with E-state index in [4.69, 9.17) is 23.2 Å². The lowest BCUT2D eigenvalue weighted by Crippen LogP contribution is -2.14. The summed E-state index contributed by atoms with van der Waals surface area (Å²) in [6.45, 7) is 0. The van der Waals surface area contributed by atoms with Gasteiger partial charge in [-0.3, -0.25) is 4.72 Å². The molecule has 26 heavy (non-hydrogen) atoms. The van der Waals surface area contributed by atoms with Crippen LogP contribution in [0.4, 0.5) is 10.1 Å². The van der Waals surface area contributed by atoms with Gasteiger partial charge in [-0.25, -0.2) is 12.8 Å². The minimum atomic E-state index is -3.90. The van der Waals surface area contributed by atoms with Crippen LogP contribution in [0, 0.1) is 5.82 Å². The summed E-state index contributed by atoms with van der Waals surface area (Å²) in [5.74, 6) is -0.781. The van der Waals surface area contributed by atoms with E-state index >= 15 is 0 Å². The summed E-state index contributed by atoms with van der Waals surface area (Å²) in [4.78, 5) is 0.0327. The first-order chi connectivity index (χ1) is 12.3. The van der Waals surface area contributed by atoms with Crippen LogP contribution in [-0.2, 0) is 10.0 Å². The van der Waals surface area contributed by atoms with Gasteiger partial charge in [-0.2, -0.15) is 0 Å². The van der Waals surface area contributed by atoms with Crippen LogP contribution in [0.2, 0.25) is 10.0 Å². The van der Waals surface area contributed by atoms with E-state index in [0.29, 0.717) is 21.2 Å². The van der Waals surface area contributed by atoms with E-state index in [1.54, 1.807) is 42.5 Å². The molecule has 0 spiro atoms. The molecule has 0 aliphatic heterocycles. The van der Waals surface area contributed by atoms with E-state index in [2.05, 4.69) is 17.4 Å². The van der Waals surface area contributed by atoms with E-state index < -0.39 is 15.8 Å². The van der Waals surface area contributed by atoms with Crippen LogP contribution < -0.4 is 4.72 Å². The Morgan fingerprint density at radius 1 is 0.923 bits per heavy atom. The Morgan fingerprint density at radius 3 is 2.27 bits per heavy atom. The van der Waals surface area contributed by atoms with E-state index in [-0.39, 0.29) is 15.5 Å². The number of halogens is 3. The Labute approximate surface area is 166 Å². The molecule has 0 fully saturated rings. The largest absolute Gasteiger partial charge is 0.277 e. The molecule has 0 aliphatic carbocycles. The molecule has 3 aromatic rings. The third-order valence-corrected chi connectivity index (χ3v) is 6.20. The van der Waals surface area contributed by atoms with Gasteiger partial charge in [0.15, 0.2) is 5.82 Å². The highest BCUT2D eigenvalue weighted by Crippen LogP contribution is 2.35. The van der Waals surface area contributed by atoms with Gasteiger partial charge in [0.05, 0.1) is 20.6 Å². The number of sulfonamides is 1. The molecule has 0 bridgehead atoms. The van der Waals surface area contributed by atoms with Gasteiger partial charge < -0.3 is 0 Å². The van der Waals surface area contributed by atoms with Crippen molar-refractivity contribution in [1.82, 2.24) is 0 Å². The van der Waals surface area contributed by atoms with Crippen LogP contribution in [0.3, 0.4) is 0 Å². The average Bonchev–Trinajstić information content (AvgIpc) is 2.62. The molecular formula is C18H12Cl2FNO2S2. The normalized spacial score (nSPS) is 11.4. The fourth-order valence-electron chi connectivity index (χ4n) is 2.34. The molecule has 3 aromatic carbocycles. The summed E-state index contributed by atoms with van der Waals surface area (Å²) in [6.07, 6.45) is 0. The predicted molar refractivity (Wildman–Crippen MR) is 106 cm³/mol. The Hall–Kier alpha value is -1.73.